The summed E-state index contributed by atoms with van der Waals surface area (Å²) >= 11 is 0. The smallest absolute Gasteiger partial charge is 0.321 e. The Morgan fingerprint density at radius 2 is 2.00 bits per heavy atom. The van der Waals surface area contributed by atoms with Crippen molar-refractivity contribution in [2.45, 2.75) is 32.6 Å². The molecule has 0 fully saturated rings. The van der Waals surface area contributed by atoms with Gasteiger partial charge in [-0.25, -0.2) is 8.42 Å². The van der Waals surface area contributed by atoms with Gasteiger partial charge in [0.2, 0.25) is 10.0 Å². The normalized spacial score (nSPS) is 11.8. The van der Waals surface area contributed by atoms with Crippen molar-refractivity contribution in [3.05, 3.63) is 33.9 Å². The SMILES string of the molecule is CCOC(=O)CN(CC(C)C)S(=O)(=O)c1cc([N+](=O)[O-])ccc1C. The van der Waals surface area contributed by atoms with Gasteiger partial charge in [-0.15, -0.1) is 0 Å². The third-order valence-electron chi connectivity index (χ3n) is 3.18. The summed E-state index contributed by atoms with van der Waals surface area (Å²) in [5, 5.41) is 10.9. The Labute approximate surface area is 141 Å². The molecule has 0 aliphatic carbocycles. The molecule has 0 spiro atoms. The summed E-state index contributed by atoms with van der Waals surface area (Å²) in [7, 11) is -4.07. The first-order valence-electron chi connectivity index (χ1n) is 7.50. The van der Waals surface area contributed by atoms with Crippen LogP contribution >= 0.6 is 0 Å². The van der Waals surface area contributed by atoms with Gasteiger partial charge in [0.1, 0.15) is 6.54 Å². The van der Waals surface area contributed by atoms with Crippen molar-refractivity contribution >= 4 is 21.7 Å². The topological polar surface area (TPSA) is 107 Å². The predicted molar refractivity (Wildman–Crippen MR) is 88.1 cm³/mol. The molecule has 0 atom stereocenters. The fourth-order valence-corrected chi connectivity index (χ4v) is 3.92. The molecule has 0 bridgehead atoms. The number of hydrogen-bond donors (Lipinski definition) is 0. The Kier molecular flexibility index (Phi) is 6.85. The standard InChI is InChI=1S/C15H22N2O6S/c1-5-23-15(18)10-16(9-11(2)3)24(21,22)14-8-13(17(19)20)7-6-12(14)4/h6-8,11H,5,9-10H2,1-4H3. The van der Waals surface area contributed by atoms with E-state index in [0.717, 1.165) is 10.4 Å². The molecular formula is C15H22N2O6S. The summed E-state index contributed by atoms with van der Waals surface area (Å²) < 4.78 is 31.6. The average molecular weight is 358 g/mol. The summed E-state index contributed by atoms with van der Waals surface area (Å²) in [5.74, 6) is -0.696. The van der Waals surface area contributed by atoms with Crippen molar-refractivity contribution < 1.29 is 22.9 Å². The zero-order valence-electron chi connectivity index (χ0n) is 14.2. The Balaban J connectivity index is 3.31. The van der Waals surface area contributed by atoms with E-state index in [4.69, 9.17) is 4.74 Å². The molecule has 24 heavy (non-hydrogen) atoms. The van der Waals surface area contributed by atoms with E-state index in [1.165, 1.54) is 12.1 Å². The second-order valence-corrected chi connectivity index (χ2v) is 7.61. The van der Waals surface area contributed by atoms with Crippen LogP contribution in [-0.2, 0) is 19.6 Å². The molecule has 1 rings (SSSR count). The first-order valence-corrected chi connectivity index (χ1v) is 8.94. The zero-order chi connectivity index (χ0) is 18.5. The molecule has 0 aromatic heterocycles. The molecule has 1 aromatic carbocycles. The molecule has 134 valence electrons. The van der Waals surface area contributed by atoms with E-state index in [9.17, 15) is 23.3 Å². The number of hydrogen-bond acceptors (Lipinski definition) is 6. The minimum Gasteiger partial charge on any atom is -0.465 e. The van der Waals surface area contributed by atoms with E-state index >= 15 is 0 Å². The number of non-ortho nitro benzene ring substituents is 1. The quantitative estimate of drug-likeness (QED) is 0.400. The lowest BCUT2D eigenvalue weighted by Crippen LogP contribution is -2.39. The van der Waals surface area contributed by atoms with Crippen LogP contribution in [0.2, 0.25) is 0 Å². The van der Waals surface area contributed by atoms with E-state index in [2.05, 4.69) is 0 Å². The van der Waals surface area contributed by atoms with Crippen molar-refractivity contribution in [3.8, 4) is 0 Å². The molecule has 0 aliphatic rings. The molecule has 9 heteroatoms. The Hall–Kier alpha value is -2.00. The van der Waals surface area contributed by atoms with Gasteiger partial charge in [0.05, 0.1) is 16.4 Å². The molecule has 0 saturated heterocycles. The Bertz CT molecular complexity index is 715. The van der Waals surface area contributed by atoms with Crippen molar-refractivity contribution in [2.24, 2.45) is 5.92 Å². The maximum absolute atomic E-state index is 12.9. The highest BCUT2D eigenvalue weighted by Gasteiger charge is 2.30. The number of sulfonamides is 1. The van der Waals surface area contributed by atoms with Gasteiger partial charge in [-0.3, -0.25) is 14.9 Å². The molecule has 8 nitrogen and oxygen atoms in total. The summed E-state index contributed by atoms with van der Waals surface area (Å²) in [5.41, 5.74) is 0.0537. The fraction of sp³-hybridized carbons (Fsp3) is 0.533. The second-order valence-electron chi connectivity index (χ2n) is 5.70. The molecule has 1 aromatic rings. The molecule has 0 N–H and O–H groups in total. The minimum absolute atomic E-state index is 0.0341. The largest absolute Gasteiger partial charge is 0.465 e. The van der Waals surface area contributed by atoms with Crippen LogP contribution in [0.25, 0.3) is 0 Å². The molecule has 0 amide bonds. The number of esters is 1. The van der Waals surface area contributed by atoms with Gasteiger partial charge in [0.15, 0.2) is 0 Å². The van der Waals surface area contributed by atoms with Crippen LogP contribution in [0.5, 0.6) is 0 Å². The number of ether oxygens (including phenoxy) is 1. The number of nitro groups is 1. The number of benzene rings is 1. The summed E-state index contributed by atoms with van der Waals surface area (Å²) in [6.45, 7) is 6.62. The van der Waals surface area contributed by atoms with Crippen LogP contribution in [0.1, 0.15) is 26.3 Å². The van der Waals surface area contributed by atoms with Gasteiger partial charge >= 0.3 is 5.97 Å². The zero-order valence-corrected chi connectivity index (χ0v) is 15.0. The number of nitro benzene ring substituents is 1. The summed E-state index contributed by atoms with van der Waals surface area (Å²) in [4.78, 5) is 21.8. The van der Waals surface area contributed by atoms with Crippen LogP contribution in [0.3, 0.4) is 0 Å². The van der Waals surface area contributed by atoms with E-state index in [1.807, 2.05) is 13.8 Å². The Morgan fingerprint density at radius 3 is 2.50 bits per heavy atom. The lowest BCUT2D eigenvalue weighted by Gasteiger charge is -2.23. The number of carbonyl (C=O) groups is 1. The maximum Gasteiger partial charge on any atom is 0.321 e. The van der Waals surface area contributed by atoms with Gasteiger partial charge in [0, 0.05) is 18.7 Å². The van der Waals surface area contributed by atoms with Crippen LogP contribution in [-0.4, -0.2) is 43.3 Å². The third kappa shape index (κ3) is 5.00. The van der Waals surface area contributed by atoms with Gasteiger partial charge < -0.3 is 4.74 Å². The highest BCUT2D eigenvalue weighted by atomic mass is 32.2. The van der Waals surface area contributed by atoms with Gasteiger partial charge in [-0.2, -0.15) is 4.31 Å². The van der Waals surface area contributed by atoms with Crippen LogP contribution in [0.15, 0.2) is 23.1 Å². The van der Waals surface area contributed by atoms with Crippen LogP contribution in [0.4, 0.5) is 5.69 Å². The van der Waals surface area contributed by atoms with Crippen molar-refractivity contribution in [2.75, 3.05) is 19.7 Å². The van der Waals surface area contributed by atoms with Gasteiger partial charge in [-0.1, -0.05) is 19.9 Å². The highest BCUT2D eigenvalue weighted by Crippen LogP contribution is 2.25. The van der Waals surface area contributed by atoms with Crippen LogP contribution < -0.4 is 0 Å². The third-order valence-corrected chi connectivity index (χ3v) is 5.13. The Morgan fingerprint density at radius 1 is 1.38 bits per heavy atom. The fourth-order valence-electron chi connectivity index (χ4n) is 2.12. The maximum atomic E-state index is 12.9. The minimum atomic E-state index is -4.07. The van der Waals surface area contributed by atoms with E-state index in [-0.39, 0.29) is 29.7 Å². The van der Waals surface area contributed by atoms with Crippen molar-refractivity contribution in [1.29, 1.82) is 0 Å². The summed E-state index contributed by atoms with van der Waals surface area (Å²) in [6.07, 6.45) is 0. The van der Waals surface area contributed by atoms with E-state index in [0.29, 0.717) is 5.56 Å². The molecule has 0 radical (unpaired) electrons. The number of aryl methyl sites for hydroxylation is 1. The van der Waals surface area contributed by atoms with Crippen LogP contribution in [0, 0.1) is 23.0 Å². The van der Waals surface area contributed by atoms with E-state index < -0.39 is 27.5 Å². The summed E-state index contributed by atoms with van der Waals surface area (Å²) in [6, 6.07) is 3.64. The first-order chi connectivity index (χ1) is 11.1. The van der Waals surface area contributed by atoms with Crippen molar-refractivity contribution in [1.82, 2.24) is 4.31 Å². The first kappa shape index (κ1) is 20.0. The molecular weight excluding hydrogens is 336 g/mol. The molecule has 0 aliphatic heterocycles. The average Bonchev–Trinajstić information content (AvgIpc) is 2.46. The van der Waals surface area contributed by atoms with E-state index in [1.54, 1.807) is 13.8 Å². The predicted octanol–water partition coefficient (Wildman–Crippen LogP) is 2.11. The number of nitrogens with zero attached hydrogens (tertiary/aromatic N) is 2. The van der Waals surface area contributed by atoms with Gasteiger partial charge in [0.25, 0.3) is 5.69 Å². The number of rotatable bonds is 8. The second kappa shape index (κ2) is 8.20. The van der Waals surface area contributed by atoms with Gasteiger partial charge in [-0.05, 0) is 25.3 Å². The lowest BCUT2D eigenvalue weighted by atomic mass is 10.2. The highest BCUT2D eigenvalue weighted by molar-refractivity contribution is 7.89. The molecule has 0 saturated carbocycles. The van der Waals surface area contributed by atoms with Crippen molar-refractivity contribution in [3.63, 3.8) is 0 Å². The number of carbonyl (C=O) groups excluding carboxylic acids is 1. The lowest BCUT2D eigenvalue weighted by molar-refractivity contribution is -0.385. The molecule has 0 heterocycles. The monoisotopic (exact) mass is 358 g/mol. The molecule has 0 unspecified atom stereocenters.